The monoisotopic (exact) mass is 343 g/mol. The summed E-state index contributed by atoms with van der Waals surface area (Å²) in [4.78, 5) is 25.2. The van der Waals surface area contributed by atoms with Crippen molar-refractivity contribution in [2.45, 2.75) is 19.9 Å². The number of nitrogens with one attached hydrogen (secondary N) is 1. The second kappa shape index (κ2) is 7.16. The fourth-order valence-corrected chi connectivity index (χ4v) is 4.00. The second-order valence-electron chi connectivity index (χ2n) is 6.38. The van der Waals surface area contributed by atoms with Crippen LogP contribution in [-0.2, 0) is 6.54 Å². The van der Waals surface area contributed by atoms with Crippen molar-refractivity contribution in [2.24, 2.45) is 5.92 Å². The molecule has 126 valence electrons. The first-order valence-corrected chi connectivity index (χ1v) is 8.90. The summed E-state index contributed by atoms with van der Waals surface area (Å²) in [6.07, 6.45) is 2.59. The molecule has 0 bridgehead atoms. The van der Waals surface area contributed by atoms with Gasteiger partial charge in [-0.3, -0.25) is 4.79 Å². The van der Waals surface area contributed by atoms with Crippen LogP contribution in [-0.4, -0.2) is 52.4 Å². The molecule has 7 heteroatoms. The van der Waals surface area contributed by atoms with Gasteiger partial charge in [0.05, 0.1) is 16.8 Å². The number of aromatic amines is 1. The third-order valence-electron chi connectivity index (χ3n) is 4.44. The third kappa shape index (κ3) is 3.66. The maximum atomic E-state index is 12.5. The van der Waals surface area contributed by atoms with E-state index < -0.39 is 0 Å². The van der Waals surface area contributed by atoms with Crippen LogP contribution in [0.3, 0.4) is 0 Å². The van der Waals surface area contributed by atoms with Gasteiger partial charge in [0.2, 0.25) is 0 Å². The summed E-state index contributed by atoms with van der Waals surface area (Å²) in [5, 5.41) is 8.86. The van der Waals surface area contributed by atoms with E-state index in [-0.39, 0.29) is 5.91 Å². The minimum absolute atomic E-state index is 0.0139. The molecule has 6 nitrogen and oxygen atoms in total. The molecule has 1 aliphatic rings. The van der Waals surface area contributed by atoms with E-state index in [0.29, 0.717) is 17.2 Å². The molecule has 1 N–H and O–H groups in total. The van der Waals surface area contributed by atoms with Crippen LogP contribution in [0.25, 0.3) is 0 Å². The predicted molar refractivity (Wildman–Crippen MR) is 92.7 cm³/mol. The molecule has 1 saturated heterocycles. The first-order valence-electron chi connectivity index (χ1n) is 8.02. The number of aryl methyl sites for hydroxylation is 1. The van der Waals surface area contributed by atoms with Crippen LogP contribution in [0.2, 0.25) is 0 Å². The number of rotatable bonds is 5. The van der Waals surface area contributed by atoms with Crippen molar-refractivity contribution in [1.82, 2.24) is 19.8 Å². The van der Waals surface area contributed by atoms with Gasteiger partial charge in [0.25, 0.3) is 5.91 Å². The van der Waals surface area contributed by atoms with Crippen LogP contribution in [0.1, 0.15) is 33.0 Å². The van der Waals surface area contributed by atoms with Crippen LogP contribution >= 0.6 is 11.3 Å². The normalized spacial score (nSPS) is 17.4. The zero-order valence-electron chi connectivity index (χ0n) is 14.0. The van der Waals surface area contributed by atoms with E-state index in [0.717, 1.165) is 38.3 Å². The predicted octanol–water partition coefficient (Wildman–Crippen LogP) is 2.25. The number of nitrogens with zero attached hydrogens (tertiary/aromatic N) is 4. The van der Waals surface area contributed by atoms with Crippen molar-refractivity contribution in [2.75, 3.05) is 26.7 Å². The summed E-state index contributed by atoms with van der Waals surface area (Å²) < 4.78 is 0. The van der Waals surface area contributed by atoms with Crippen molar-refractivity contribution in [3.63, 3.8) is 0 Å². The Labute approximate surface area is 145 Å². The van der Waals surface area contributed by atoms with Crippen molar-refractivity contribution in [1.29, 1.82) is 5.26 Å². The number of carbonyl (C=O) groups excluding carboxylic acids is 1. The van der Waals surface area contributed by atoms with Gasteiger partial charge in [0, 0.05) is 37.3 Å². The standard InChI is InChI=1S/C17H21N5OS/c1-12-16(24-11-20-12)10-21(2)8-13-3-4-22(9-13)17(23)15-5-14(6-18)7-19-15/h5,7,11,13,19H,3-4,8-10H2,1-2H3/t13-/m0/s1. The number of aromatic nitrogens is 2. The Morgan fingerprint density at radius 3 is 3.12 bits per heavy atom. The lowest BCUT2D eigenvalue weighted by Gasteiger charge is -2.21. The van der Waals surface area contributed by atoms with Gasteiger partial charge in [-0.2, -0.15) is 5.26 Å². The third-order valence-corrected chi connectivity index (χ3v) is 5.36. The van der Waals surface area contributed by atoms with Crippen LogP contribution in [0.5, 0.6) is 0 Å². The molecule has 1 amide bonds. The zero-order chi connectivity index (χ0) is 17.1. The Hall–Kier alpha value is -2.17. The number of likely N-dealkylation sites (tertiary alicyclic amines) is 1. The summed E-state index contributed by atoms with van der Waals surface area (Å²) in [7, 11) is 2.12. The Kier molecular flexibility index (Phi) is 4.97. The van der Waals surface area contributed by atoms with Crippen molar-refractivity contribution < 1.29 is 4.79 Å². The molecule has 0 spiro atoms. The van der Waals surface area contributed by atoms with Crippen molar-refractivity contribution in [3.05, 3.63) is 39.6 Å². The van der Waals surface area contributed by atoms with Gasteiger partial charge in [0.15, 0.2) is 0 Å². The highest BCUT2D eigenvalue weighted by Crippen LogP contribution is 2.21. The number of hydrogen-bond donors (Lipinski definition) is 1. The molecule has 2 aromatic rings. The number of amides is 1. The first-order chi connectivity index (χ1) is 11.6. The van der Waals surface area contributed by atoms with E-state index in [2.05, 4.69) is 21.9 Å². The SMILES string of the molecule is Cc1ncsc1CN(C)C[C@@H]1CCN(C(=O)c2cc(C#N)c[nH]2)C1. The zero-order valence-corrected chi connectivity index (χ0v) is 14.8. The maximum absolute atomic E-state index is 12.5. The highest BCUT2D eigenvalue weighted by molar-refractivity contribution is 7.09. The van der Waals surface area contributed by atoms with Crippen LogP contribution in [0.4, 0.5) is 0 Å². The van der Waals surface area contributed by atoms with E-state index in [1.165, 1.54) is 4.88 Å². The van der Waals surface area contributed by atoms with E-state index in [9.17, 15) is 4.79 Å². The van der Waals surface area contributed by atoms with E-state index >= 15 is 0 Å². The minimum atomic E-state index is -0.0139. The van der Waals surface area contributed by atoms with Gasteiger partial charge in [-0.1, -0.05) is 0 Å². The molecule has 0 radical (unpaired) electrons. The van der Waals surface area contributed by atoms with Crippen LogP contribution < -0.4 is 0 Å². The second-order valence-corrected chi connectivity index (χ2v) is 7.32. The van der Waals surface area contributed by atoms with E-state index in [4.69, 9.17) is 5.26 Å². The Morgan fingerprint density at radius 1 is 1.62 bits per heavy atom. The Balaban J connectivity index is 1.52. The molecule has 0 saturated carbocycles. The fourth-order valence-electron chi connectivity index (χ4n) is 3.15. The Morgan fingerprint density at radius 2 is 2.46 bits per heavy atom. The summed E-state index contributed by atoms with van der Waals surface area (Å²) in [5.74, 6) is 0.470. The van der Waals surface area contributed by atoms with Gasteiger partial charge in [-0.25, -0.2) is 4.98 Å². The number of thiazole rings is 1. The lowest BCUT2D eigenvalue weighted by molar-refractivity contribution is 0.0779. The summed E-state index contributed by atoms with van der Waals surface area (Å²) in [6.45, 7) is 5.46. The molecule has 3 rings (SSSR count). The largest absolute Gasteiger partial charge is 0.356 e. The fraction of sp³-hybridized carbons (Fsp3) is 0.471. The highest BCUT2D eigenvalue weighted by Gasteiger charge is 2.28. The van der Waals surface area contributed by atoms with Gasteiger partial charge in [-0.15, -0.1) is 11.3 Å². The van der Waals surface area contributed by atoms with Crippen molar-refractivity contribution >= 4 is 17.2 Å². The molecule has 2 aromatic heterocycles. The average molecular weight is 343 g/mol. The molecule has 0 aromatic carbocycles. The smallest absolute Gasteiger partial charge is 0.270 e. The van der Waals surface area contributed by atoms with Gasteiger partial charge in [0.1, 0.15) is 11.8 Å². The number of hydrogen-bond acceptors (Lipinski definition) is 5. The quantitative estimate of drug-likeness (QED) is 0.903. The summed E-state index contributed by atoms with van der Waals surface area (Å²) in [5.41, 5.74) is 3.99. The van der Waals surface area contributed by atoms with Gasteiger partial charge in [-0.05, 0) is 32.4 Å². The topological polar surface area (TPSA) is 76.0 Å². The molecular formula is C17H21N5OS. The van der Waals surface area contributed by atoms with E-state index in [1.54, 1.807) is 23.6 Å². The molecule has 1 fully saturated rings. The number of nitriles is 1. The highest BCUT2D eigenvalue weighted by atomic mass is 32.1. The molecule has 1 atom stereocenters. The molecule has 0 aliphatic carbocycles. The first kappa shape index (κ1) is 16.7. The lowest BCUT2D eigenvalue weighted by atomic mass is 10.1. The number of carbonyl (C=O) groups is 1. The average Bonchev–Trinajstić information content (AvgIpc) is 3.29. The van der Waals surface area contributed by atoms with Gasteiger partial charge < -0.3 is 14.8 Å². The van der Waals surface area contributed by atoms with E-state index in [1.807, 2.05) is 23.4 Å². The van der Waals surface area contributed by atoms with Crippen LogP contribution in [0, 0.1) is 24.2 Å². The molecule has 0 unspecified atom stereocenters. The molecule has 24 heavy (non-hydrogen) atoms. The minimum Gasteiger partial charge on any atom is -0.356 e. The Bertz CT molecular complexity index is 759. The van der Waals surface area contributed by atoms with Crippen molar-refractivity contribution in [3.8, 4) is 6.07 Å². The van der Waals surface area contributed by atoms with Crippen LogP contribution in [0.15, 0.2) is 17.8 Å². The number of H-pyrrole nitrogens is 1. The molecular weight excluding hydrogens is 322 g/mol. The molecule has 1 aliphatic heterocycles. The lowest BCUT2D eigenvalue weighted by Crippen LogP contribution is -2.31. The maximum Gasteiger partial charge on any atom is 0.270 e. The molecule has 3 heterocycles. The summed E-state index contributed by atoms with van der Waals surface area (Å²) >= 11 is 1.70. The summed E-state index contributed by atoms with van der Waals surface area (Å²) in [6, 6.07) is 3.66. The van der Waals surface area contributed by atoms with Gasteiger partial charge >= 0.3 is 0 Å².